The van der Waals surface area contributed by atoms with Crippen LogP contribution in [-0.4, -0.2) is 36.8 Å². The number of carbonyl (C=O) groups excluding carboxylic acids is 1. The van der Waals surface area contributed by atoms with Gasteiger partial charge in [0, 0.05) is 6.04 Å². The van der Waals surface area contributed by atoms with Crippen LogP contribution < -0.4 is 5.32 Å². The molecule has 5 heteroatoms. The summed E-state index contributed by atoms with van der Waals surface area (Å²) in [6.07, 6.45) is 25.5. The van der Waals surface area contributed by atoms with Crippen molar-refractivity contribution in [3.8, 4) is 0 Å². The Morgan fingerprint density at radius 2 is 1.16 bits per heavy atom. The number of amides is 1. The summed E-state index contributed by atoms with van der Waals surface area (Å²) in [7, 11) is 0. The number of alkyl carbamates (subject to hydrolysis) is 1. The highest BCUT2D eigenvalue weighted by Crippen LogP contribution is 2.38. The van der Waals surface area contributed by atoms with E-state index in [-0.39, 0.29) is 6.09 Å². The third-order valence-corrected chi connectivity index (χ3v) is 10.5. The molecule has 0 radical (unpaired) electrons. The molecule has 0 saturated heterocycles. The van der Waals surface area contributed by atoms with Crippen LogP contribution in [0.3, 0.4) is 0 Å². The highest BCUT2D eigenvalue weighted by molar-refractivity contribution is 5.67. The molecule has 5 nitrogen and oxygen atoms in total. The molecule has 0 spiro atoms. The van der Waals surface area contributed by atoms with Crippen LogP contribution in [0.4, 0.5) is 4.79 Å². The van der Waals surface area contributed by atoms with E-state index >= 15 is 0 Å². The SMILES string of the molecule is CCCCOC(=O)NC1CCC(CC2CCC(N=C=NC3CCC(CC4CCC(C)CC4)CC3)CC2)CC1. The van der Waals surface area contributed by atoms with Crippen LogP contribution in [0, 0.1) is 29.6 Å². The Kier molecular flexibility index (Phi) is 12.5. The third-order valence-electron chi connectivity index (χ3n) is 10.5. The molecule has 4 aliphatic rings. The monoisotopic (exact) mass is 527 g/mol. The molecule has 0 aliphatic heterocycles. The number of carbonyl (C=O) groups is 1. The number of nitrogens with one attached hydrogen (secondary N) is 1. The van der Waals surface area contributed by atoms with Crippen molar-refractivity contribution in [3.63, 3.8) is 0 Å². The highest BCUT2D eigenvalue weighted by atomic mass is 16.5. The lowest BCUT2D eigenvalue weighted by atomic mass is 9.75. The van der Waals surface area contributed by atoms with Gasteiger partial charge in [0.05, 0.1) is 24.7 Å². The molecule has 4 fully saturated rings. The Hall–Kier alpha value is -1.35. The highest BCUT2D eigenvalue weighted by Gasteiger charge is 2.28. The van der Waals surface area contributed by atoms with Gasteiger partial charge in [-0.25, -0.2) is 14.8 Å². The van der Waals surface area contributed by atoms with Gasteiger partial charge in [-0.3, -0.25) is 0 Å². The second kappa shape index (κ2) is 16.0. The third kappa shape index (κ3) is 10.3. The number of rotatable bonds is 10. The van der Waals surface area contributed by atoms with E-state index in [1.807, 2.05) is 0 Å². The Morgan fingerprint density at radius 3 is 1.63 bits per heavy atom. The summed E-state index contributed by atoms with van der Waals surface area (Å²) in [4.78, 5) is 21.5. The lowest BCUT2D eigenvalue weighted by Crippen LogP contribution is -2.38. The zero-order valence-electron chi connectivity index (χ0n) is 24.7. The molecule has 1 amide bonds. The maximum absolute atomic E-state index is 11.9. The zero-order chi connectivity index (χ0) is 26.6. The molecule has 0 heterocycles. The number of aliphatic imine (C=N–C) groups is 2. The van der Waals surface area contributed by atoms with Crippen LogP contribution in [0.1, 0.15) is 142 Å². The summed E-state index contributed by atoms with van der Waals surface area (Å²) >= 11 is 0. The average Bonchev–Trinajstić information content (AvgIpc) is 2.93. The van der Waals surface area contributed by atoms with Crippen molar-refractivity contribution in [2.24, 2.45) is 39.6 Å². The zero-order valence-corrected chi connectivity index (χ0v) is 24.7. The van der Waals surface area contributed by atoms with Gasteiger partial charge in [-0.2, -0.15) is 0 Å². The van der Waals surface area contributed by atoms with Crippen molar-refractivity contribution in [2.75, 3.05) is 6.61 Å². The molecule has 0 bridgehead atoms. The molecule has 0 unspecified atom stereocenters. The molecule has 1 N–H and O–H groups in total. The van der Waals surface area contributed by atoms with Crippen LogP contribution in [0.2, 0.25) is 0 Å². The lowest BCUT2D eigenvalue weighted by Gasteiger charge is -2.33. The van der Waals surface area contributed by atoms with E-state index in [9.17, 15) is 4.79 Å². The van der Waals surface area contributed by atoms with E-state index in [1.54, 1.807) is 0 Å². The summed E-state index contributed by atoms with van der Waals surface area (Å²) < 4.78 is 5.27. The fraction of sp³-hybridized carbons (Fsp3) is 0.939. The maximum Gasteiger partial charge on any atom is 0.407 e. The van der Waals surface area contributed by atoms with E-state index in [2.05, 4.69) is 25.2 Å². The minimum absolute atomic E-state index is 0.221. The van der Waals surface area contributed by atoms with Crippen LogP contribution in [0.25, 0.3) is 0 Å². The molecular formula is C33H57N3O2. The largest absolute Gasteiger partial charge is 0.450 e. The molecular weight excluding hydrogens is 470 g/mol. The molecule has 0 aromatic carbocycles. The van der Waals surface area contributed by atoms with E-state index < -0.39 is 0 Å². The first-order valence-corrected chi connectivity index (χ1v) is 16.6. The number of hydrogen-bond acceptors (Lipinski definition) is 4. The van der Waals surface area contributed by atoms with E-state index in [0.717, 1.165) is 55.3 Å². The number of unbranched alkanes of at least 4 members (excludes halogenated alkanes) is 1. The van der Waals surface area contributed by atoms with Crippen molar-refractivity contribution in [1.82, 2.24) is 5.32 Å². The van der Waals surface area contributed by atoms with Crippen LogP contribution in [0.15, 0.2) is 9.98 Å². The summed E-state index contributed by atoms with van der Waals surface area (Å²) in [5, 5.41) is 3.08. The summed E-state index contributed by atoms with van der Waals surface area (Å²) in [5.74, 6) is 4.60. The van der Waals surface area contributed by atoms with Crippen molar-refractivity contribution in [2.45, 2.75) is 160 Å². The Bertz CT molecular complexity index is 731. The van der Waals surface area contributed by atoms with Gasteiger partial charge in [-0.15, -0.1) is 0 Å². The molecule has 0 aromatic heterocycles. The summed E-state index contributed by atoms with van der Waals surface area (Å²) in [6.45, 7) is 5.08. The van der Waals surface area contributed by atoms with Gasteiger partial charge in [0.15, 0.2) is 0 Å². The molecule has 4 saturated carbocycles. The van der Waals surface area contributed by atoms with Crippen molar-refractivity contribution >= 4 is 12.1 Å². The van der Waals surface area contributed by atoms with E-state index in [4.69, 9.17) is 14.7 Å². The quantitative estimate of drug-likeness (QED) is 0.228. The van der Waals surface area contributed by atoms with Crippen molar-refractivity contribution in [3.05, 3.63) is 0 Å². The molecule has 38 heavy (non-hydrogen) atoms. The van der Waals surface area contributed by atoms with Gasteiger partial charge < -0.3 is 10.1 Å². The Morgan fingerprint density at radius 1 is 0.711 bits per heavy atom. The molecule has 216 valence electrons. The van der Waals surface area contributed by atoms with Crippen LogP contribution in [0.5, 0.6) is 0 Å². The van der Waals surface area contributed by atoms with Gasteiger partial charge >= 0.3 is 6.09 Å². The predicted molar refractivity (Wildman–Crippen MR) is 157 cm³/mol. The summed E-state index contributed by atoms with van der Waals surface area (Å²) in [5.41, 5.74) is 0. The fourth-order valence-electron chi connectivity index (χ4n) is 7.78. The van der Waals surface area contributed by atoms with E-state index in [0.29, 0.717) is 24.7 Å². The first-order chi connectivity index (χ1) is 18.6. The van der Waals surface area contributed by atoms with Gasteiger partial charge in [-0.05, 0) is 126 Å². The molecule has 0 atom stereocenters. The molecule has 0 aromatic rings. The minimum atomic E-state index is -0.221. The molecule has 4 rings (SSSR count). The summed E-state index contributed by atoms with van der Waals surface area (Å²) in [6, 6.07) is 4.39. The smallest absolute Gasteiger partial charge is 0.407 e. The van der Waals surface area contributed by atoms with Crippen LogP contribution >= 0.6 is 0 Å². The number of ether oxygens (including phenoxy) is 1. The maximum atomic E-state index is 11.9. The number of nitrogens with zero attached hydrogens (tertiary/aromatic N) is 2. The lowest BCUT2D eigenvalue weighted by molar-refractivity contribution is 0.134. The minimum Gasteiger partial charge on any atom is -0.450 e. The van der Waals surface area contributed by atoms with Crippen molar-refractivity contribution in [1.29, 1.82) is 0 Å². The van der Waals surface area contributed by atoms with Gasteiger partial charge in [0.1, 0.15) is 0 Å². The van der Waals surface area contributed by atoms with Crippen LogP contribution in [-0.2, 0) is 4.74 Å². The van der Waals surface area contributed by atoms with Gasteiger partial charge in [0.2, 0.25) is 0 Å². The normalized spacial score (nSPS) is 36.1. The Labute approximate surface area is 233 Å². The topological polar surface area (TPSA) is 63.0 Å². The first-order valence-electron chi connectivity index (χ1n) is 16.6. The van der Waals surface area contributed by atoms with E-state index in [1.165, 1.54) is 103 Å². The predicted octanol–water partition coefficient (Wildman–Crippen LogP) is 8.97. The fourth-order valence-corrected chi connectivity index (χ4v) is 7.78. The van der Waals surface area contributed by atoms with Gasteiger partial charge in [0.25, 0.3) is 0 Å². The number of hydrogen-bond donors (Lipinski definition) is 1. The van der Waals surface area contributed by atoms with Gasteiger partial charge in [-0.1, -0.05) is 46.0 Å². The van der Waals surface area contributed by atoms with Crippen molar-refractivity contribution < 1.29 is 9.53 Å². The molecule has 4 aliphatic carbocycles. The first kappa shape index (κ1) is 29.6. The second-order valence-corrected chi connectivity index (χ2v) is 13.7. The standard InChI is InChI=1S/C33H57N3O2/c1-3-4-21-38-33(37)36-32-19-13-29(14-20-32)23-28-11-17-31(18-12-28)35-24-34-30-15-9-27(10-16-30)22-26-7-5-25(2)6-8-26/h25-32H,3-23H2,1-2H3,(H,36,37). The Balaban J connectivity index is 1.05. The average molecular weight is 528 g/mol. The second-order valence-electron chi connectivity index (χ2n) is 13.7.